The fourth-order valence-corrected chi connectivity index (χ4v) is 1.75. The first-order chi connectivity index (χ1) is 9.74. The van der Waals surface area contributed by atoms with Crippen LogP contribution >= 0.6 is 0 Å². The smallest absolute Gasteiger partial charge is 0.216 e. The maximum atomic E-state index is 10.3. The topological polar surface area (TPSA) is 64.5 Å². The highest BCUT2D eigenvalue weighted by Crippen LogP contribution is 2.24. The third-order valence-electron chi connectivity index (χ3n) is 2.82. The predicted octanol–water partition coefficient (Wildman–Crippen LogP) is 2.36. The molecule has 1 unspecified atom stereocenters. The van der Waals surface area contributed by atoms with Crippen LogP contribution in [0.15, 0.2) is 36.7 Å². The van der Waals surface area contributed by atoms with Gasteiger partial charge in [-0.15, -0.1) is 0 Å². The van der Waals surface area contributed by atoms with Crippen molar-refractivity contribution in [3.05, 3.63) is 47.9 Å². The Labute approximate surface area is 118 Å². The van der Waals surface area contributed by atoms with E-state index in [2.05, 4.69) is 16.9 Å². The second kappa shape index (κ2) is 6.86. The van der Waals surface area contributed by atoms with Crippen molar-refractivity contribution < 1.29 is 14.6 Å². The first-order valence-electron chi connectivity index (χ1n) is 6.51. The molecule has 0 aliphatic rings. The Hall–Kier alpha value is -2.14. The number of hydrogen-bond donors (Lipinski definition) is 1. The Morgan fingerprint density at radius 2 is 1.95 bits per heavy atom. The van der Waals surface area contributed by atoms with Gasteiger partial charge in [0.15, 0.2) is 0 Å². The molecule has 0 saturated heterocycles. The molecule has 0 aliphatic heterocycles. The van der Waals surface area contributed by atoms with E-state index in [0.717, 1.165) is 17.7 Å². The summed E-state index contributed by atoms with van der Waals surface area (Å²) in [4.78, 5) is 7.98. The number of benzene rings is 1. The van der Waals surface area contributed by atoms with Crippen LogP contribution in [0.25, 0.3) is 0 Å². The van der Waals surface area contributed by atoms with Gasteiger partial charge in [-0.25, -0.2) is 9.97 Å². The van der Waals surface area contributed by atoms with E-state index in [9.17, 15) is 5.11 Å². The molecular weight excluding hydrogens is 256 g/mol. The number of aliphatic hydroxyl groups is 1. The van der Waals surface area contributed by atoms with Gasteiger partial charge in [-0.05, 0) is 24.1 Å². The van der Waals surface area contributed by atoms with Gasteiger partial charge in [0.25, 0.3) is 0 Å². The van der Waals surface area contributed by atoms with E-state index in [1.54, 1.807) is 6.07 Å². The lowest BCUT2D eigenvalue weighted by atomic mass is 10.1. The minimum absolute atomic E-state index is 0.428. The van der Waals surface area contributed by atoms with Crippen molar-refractivity contribution in [2.24, 2.45) is 0 Å². The molecule has 0 amide bonds. The highest BCUT2D eigenvalue weighted by atomic mass is 16.5. The molecule has 5 nitrogen and oxygen atoms in total. The largest absolute Gasteiger partial charge is 0.494 e. The van der Waals surface area contributed by atoms with Gasteiger partial charge in [-0.3, -0.25) is 0 Å². The fraction of sp³-hybridized carbons (Fsp3) is 0.333. The summed E-state index contributed by atoms with van der Waals surface area (Å²) >= 11 is 0. The zero-order valence-corrected chi connectivity index (χ0v) is 11.6. The van der Waals surface area contributed by atoms with Crippen LogP contribution in [0.5, 0.6) is 11.6 Å². The van der Waals surface area contributed by atoms with Gasteiger partial charge in [0.2, 0.25) is 5.88 Å². The zero-order chi connectivity index (χ0) is 14.4. The second-order valence-electron chi connectivity index (χ2n) is 4.31. The maximum Gasteiger partial charge on any atom is 0.216 e. The average molecular weight is 274 g/mol. The van der Waals surface area contributed by atoms with E-state index < -0.39 is 6.10 Å². The van der Waals surface area contributed by atoms with E-state index >= 15 is 0 Å². The molecule has 20 heavy (non-hydrogen) atoms. The summed E-state index contributed by atoms with van der Waals surface area (Å²) in [7, 11) is 1.53. The van der Waals surface area contributed by atoms with Gasteiger partial charge in [-0.1, -0.05) is 19.1 Å². The minimum atomic E-state index is -0.813. The quantitative estimate of drug-likeness (QED) is 0.876. The third kappa shape index (κ3) is 3.45. The fourth-order valence-electron chi connectivity index (χ4n) is 1.75. The molecule has 0 bridgehead atoms. The lowest BCUT2D eigenvalue weighted by Crippen LogP contribution is -2.04. The van der Waals surface area contributed by atoms with Crippen molar-refractivity contribution in [1.29, 1.82) is 0 Å². The lowest BCUT2D eigenvalue weighted by Gasteiger charge is -2.12. The summed E-state index contributed by atoms with van der Waals surface area (Å²) < 4.78 is 10.5. The average Bonchev–Trinajstić information content (AvgIpc) is 2.52. The minimum Gasteiger partial charge on any atom is -0.494 e. The third-order valence-corrected chi connectivity index (χ3v) is 2.82. The molecule has 1 atom stereocenters. The van der Waals surface area contributed by atoms with Crippen molar-refractivity contribution in [3.8, 4) is 11.6 Å². The number of aromatic nitrogens is 2. The summed E-state index contributed by atoms with van der Waals surface area (Å²) in [6, 6.07) is 8.94. The molecule has 5 heteroatoms. The highest BCUT2D eigenvalue weighted by molar-refractivity contribution is 5.32. The molecule has 1 heterocycles. The van der Waals surface area contributed by atoms with Crippen LogP contribution in [0.3, 0.4) is 0 Å². The molecular formula is C15H18N2O3. The predicted molar refractivity (Wildman–Crippen MR) is 74.9 cm³/mol. The highest BCUT2D eigenvalue weighted by Gasteiger charge is 2.13. The normalized spacial score (nSPS) is 11.9. The van der Waals surface area contributed by atoms with Crippen LogP contribution in [-0.2, 0) is 0 Å². The number of methoxy groups -OCH3 is 1. The molecule has 1 aromatic carbocycles. The zero-order valence-electron chi connectivity index (χ0n) is 11.6. The monoisotopic (exact) mass is 274 g/mol. The standard InChI is InChI=1S/C15H18N2O3/c1-3-8-20-12-6-4-11(5-7-12)15(18)13-9-14(19-2)17-10-16-13/h4-7,9-10,15,18H,3,8H2,1-2H3. The summed E-state index contributed by atoms with van der Waals surface area (Å²) in [5.41, 5.74) is 1.24. The molecule has 0 spiro atoms. The first-order valence-corrected chi connectivity index (χ1v) is 6.51. The Bertz CT molecular complexity index is 543. The van der Waals surface area contributed by atoms with Crippen LogP contribution in [0.2, 0.25) is 0 Å². The van der Waals surface area contributed by atoms with E-state index in [1.165, 1.54) is 13.4 Å². The maximum absolute atomic E-state index is 10.3. The summed E-state index contributed by atoms with van der Waals surface area (Å²) in [5, 5.41) is 10.3. The van der Waals surface area contributed by atoms with Gasteiger partial charge < -0.3 is 14.6 Å². The molecule has 1 N–H and O–H groups in total. The van der Waals surface area contributed by atoms with Gasteiger partial charge in [0, 0.05) is 6.07 Å². The van der Waals surface area contributed by atoms with Crippen molar-refractivity contribution in [2.45, 2.75) is 19.4 Å². The van der Waals surface area contributed by atoms with Crippen LogP contribution in [0, 0.1) is 0 Å². The van der Waals surface area contributed by atoms with Crippen molar-refractivity contribution >= 4 is 0 Å². The number of ether oxygens (including phenoxy) is 2. The molecule has 2 rings (SSSR count). The lowest BCUT2D eigenvalue weighted by molar-refractivity contribution is 0.214. The van der Waals surface area contributed by atoms with Crippen LogP contribution in [0.1, 0.15) is 30.7 Å². The molecule has 0 fully saturated rings. The van der Waals surface area contributed by atoms with Crippen LogP contribution < -0.4 is 9.47 Å². The van der Waals surface area contributed by atoms with Crippen molar-refractivity contribution in [1.82, 2.24) is 9.97 Å². The molecule has 1 aromatic heterocycles. The first kappa shape index (κ1) is 14.3. The number of aliphatic hydroxyl groups excluding tert-OH is 1. The van der Waals surface area contributed by atoms with Gasteiger partial charge >= 0.3 is 0 Å². The van der Waals surface area contributed by atoms with E-state index in [-0.39, 0.29) is 0 Å². The van der Waals surface area contributed by atoms with Gasteiger partial charge in [-0.2, -0.15) is 0 Å². The summed E-state index contributed by atoms with van der Waals surface area (Å²) in [6.07, 6.45) is 1.52. The van der Waals surface area contributed by atoms with Crippen LogP contribution in [-0.4, -0.2) is 28.8 Å². The summed E-state index contributed by atoms with van der Waals surface area (Å²) in [6.45, 7) is 2.74. The van der Waals surface area contributed by atoms with Gasteiger partial charge in [0.05, 0.1) is 19.4 Å². The molecule has 0 saturated carbocycles. The number of nitrogens with zero attached hydrogens (tertiary/aromatic N) is 2. The van der Waals surface area contributed by atoms with E-state index in [4.69, 9.17) is 9.47 Å². The van der Waals surface area contributed by atoms with Crippen molar-refractivity contribution in [3.63, 3.8) is 0 Å². The Morgan fingerprint density at radius 3 is 2.60 bits per heavy atom. The number of rotatable bonds is 6. The second-order valence-corrected chi connectivity index (χ2v) is 4.31. The molecule has 0 aliphatic carbocycles. The Balaban J connectivity index is 2.13. The molecule has 2 aromatic rings. The van der Waals surface area contributed by atoms with E-state index in [1.807, 2.05) is 24.3 Å². The van der Waals surface area contributed by atoms with Crippen molar-refractivity contribution in [2.75, 3.05) is 13.7 Å². The molecule has 106 valence electrons. The van der Waals surface area contributed by atoms with Crippen LogP contribution in [0.4, 0.5) is 0 Å². The molecule has 0 radical (unpaired) electrons. The summed E-state index contributed by atoms with van der Waals surface area (Å²) in [5.74, 6) is 1.22. The number of hydrogen-bond acceptors (Lipinski definition) is 5. The Morgan fingerprint density at radius 1 is 1.20 bits per heavy atom. The van der Waals surface area contributed by atoms with Gasteiger partial charge in [0.1, 0.15) is 18.2 Å². The Kier molecular flexibility index (Phi) is 4.90. The SMILES string of the molecule is CCCOc1ccc(C(O)c2cc(OC)ncn2)cc1. The van der Waals surface area contributed by atoms with E-state index in [0.29, 0.717) is 18.2 Å².